The summed E-state index contributed by atoms with van der Waals surface area (Å²) in [4.78, 5) is 41.2. The van der Waals surface area contributed by atoms with Gasteiger partial charge in [0.15, 0.2) is 0 Å². The van der Waals surface area contributed by atoms with Gasteiger partial charge >= 0.3 is 11.7 Å². The van der Waals surface area contributed by atoms with Crippen molar-refractivity contribution in [1.82, 2.24) is 9.55 Å². The van der Waals surface area contributed by atoms with Crippen LogP contribution in [0, 0.1) is 6.92 Å². The van der Waals surface area contributed by atoms with Gasteiger partial charge < -0.3 is 19.9 Å². The van der Waals surface area contributed by atoms with Gasteiger partial charge in [-0.05, 0) is 37.3 Å². The molecule has 3 atom stereocenters. The minimum Gasteiger partial charge on any atom is -0.456 e. The van der Waals surface area contributed by atoms with Crippen molar-refractivity contribution in [3.63, 3.8) is 0 Å². The summed E-state index contributed by atoms with van der Waals surface area (Å²) in [7, 11) is 0. The number of carbonyl (C=O) groups is 2. The highest BCUT2D eigenvalue weighted by molar-refractivity contribution is 6.03. The molecule has 1 saturated heterocycles. The third-order valence-corrected chi connectivity index (χ3v) is 5.32. The molecule has 0 aliphatic carbocycles. The number of nitrogens with one attached hydrogen (secondary N) is 1. The number of hydrogen-bond acceptors (Lipinski definition) is 7. The van der Waals surface area contributed by atoms with Crippen LogP contribution in [-0.2, 0) is 9.47 Å². The van der Waals surface area contributed by atoms with E-state index >= 15 is 0 Å². The molecule has 9 heteroatoms. The van der Waals surface area contributed by atoms with E-state index in [1.54, 1.807) is 54.6 Å². The minimum atomic E-state index is -0.784. The summed E-state index contributed by atoms with van der Waals surface area (Å²) >= 11 is 0. The van der Waals surface area contributed by atoms with E-state index in [-0.39, 0.29) is 24.8 Å². The number of anilines is 1. The molecule has 2 heterocycles. The standard InChI is InChI=1S/C24H23N3O6/c1-15-7-9-17(10-8-15)23(30)33-18-13-21(32-19(18)14-28)27-12-11-20(26-24(27)31)25-22(29)16-5-3-2-4-6-16/h2-12,18-19,21,28H,13-14H2,1H3,(H,25,26,29,31)/t18-,19+,21-/m1/s1. The summed E-state index contributed by atoms with van der Waals surface area (Å²) in [5, 5.41) is 12.3. The van der Waals surface area contributed by atoms with Gasteiger partial charge in [-0.2, -0.15) is 4.98 Å². The number of aryl methyl sites for hydroxylation is 1. The fourth-order valence-corrected chi connectivity index (χ4v) is 3.53. The van der Waals surface area contributed by atoms with Crippen LogP contribution in [0.3, 0.4) is 0 Å². The van der Waals surface area contributed by atoms with Crippen LogP contribution in [0.4, 0.5) is 5.82 Å². The highest BCUT2D eigenvalue weighted by Gasteiger charge is 2.39. The number of benzene rings is 2. The summed E-state index contributed by atoms with van der Waals surface area (Å²) in [6, 6.07) is 17.0. The number of aliphatic hydroxyl groups excluding tert-OH is 1. The number of esters is 1. The third kappa shape index (κ3) is 5.16. The van der Waals surface area contributed by atoms with Crippen LogP contribution in [0.2, 0.25) is 0 Å². The number of hydrogen-bond donors (Lipinski definition) is 2. The molecule has 1 aliphatic rings. The molecule has 0 unspecified atom stereocenters. The van der Waals surface area contributed by atoms with Crippen LogP contribution in [0.1, 0.15) is 38.9 Å². The summed E-state index contributed by atoms with van der Waals surface area (Å²) in [5.41, 5.74) is 1.19. The second-order valence-corrected chi connectivity index (χ2v) is 7.68. The molecule has 170 valence electrons. The lowest BCUT2D eigenvalue weighted by atomic mass is 10.1. The molecule has 1 fully saturated rings. The van der Waals surface area contributed by atoms with Crippen molar-refractivity contribution in [2.75, 3.05) is 11.9 Å². The van der Waals surface area contributed by atoms with E-state index in [0.29, 0.717) is 11.1 Å². The maximum Gasteiger partial charge on any atom is 0.351 e. The van der Waals surface area contributed by atoms with Crippen molar-refractivity contribution in [3.8, 4) is 0 Å². The topological polar surface area (TPSA) is 120 Å². The Morgan fingerprint density at radius 1 is 1.12 bits per heavy atom. The maximum absolute atomic E-state index is 12.6. The predicted octanol–water partition coefficient (Wildman–Crippen LogP) is 2.31. The molecule has 1 amide bonds. The first-order valence-corrected chi connectivity index (χ1v) is 10.4. The van der Waals surface area contributed by atoms with Crippen molar-refractivity contribution < 1.29 is 24.2 Å². The molecule has 0 spiro atoms. The Morgan fingerprint density at radius 2 is 1.85 bits per heavy atom. The molecule has 2 N–H and O–H groups in total. The SMILES string of the molecule is Cc1ccc(C(=O)O[C@@H]2C[C@H](n3ccc(NC(=O)c4ccccc4)nc3=O)O[C@H]2CO)cc1. The normalized spacial score (nSPS) is 19.8. The Bertz CT molecular complexity index is 1190. The smallest absolute Gasteiger partial charge is 0.351 e. The van der Waals surface area contributed by atoms with E-state index < -0.39 is 30.1 Å². The summed E-state index contributed by atoms with van der Waals surface area (Å²) in [6.07, 6.45) is -0.692. The fraction of sp³-hybridized carbons (Fsp3) is 0.250. The Balaban J connectivity index is 1.44. The van der Waals surface area contributed by atoms with Crippen LogP contribution in [-0.4, -0.2) is 45.3 Å². The number of ether oxygens (including phenoxy) is 2. The summed E-state index contributed by atoms with van der Waals surface area (Å²) < 4.78 is 12.5. The van der Waals surface area contributed by atoms with E-state index in [9.17, 15) is 19.5 Å². The van der Waals surface area contributed by atoms with Gasteiger partial charge in [0.25, 0.3) is 5.91 Å². The zero-order valence-corrected chi connectivity index (χ0v) is 17.9. The number of aromatic nitrogens is 2. The van der Waals surface area contributed by atoms with E-state index in [4.69, 9.17) is 9.47 Å². The predicted molar refractivity (Wildman–Crippen MR) is 119 cm³/mol. The first kappa shape index (κ1) is 22.4. The van der Waals surface area contributed by atoms with E-state index in [1.165, 1.54) is 16.8 Å². The average molecular weight is 449 g/mol. The molecule has 0 saturated carbocycles. The van der Waals surface area contributed by atoms with Crippen molar-refractivity contribution in [2.24, 2.45) is 0 Å². The van der Waals surface area contributed by atoms with Gasteiger partial charge in [-0.1, -0.05) is 35.9 Å². The van der Waals surface area contributed by atoms with E-state index in [2.05, 4.69) is 10.3 Å². The van der Waals surface area contributed by atoms with Crippen LogP contribution in [0.15, 0.2) is 71.7 Å². The van der Waals surface area contributed by atoms with Gasteiger partial charge in [0.2, 0.25) is 0 Å². The largest absolute Gasteiger partial charge is 0.456 e. The minimum absolute atomic E-state index is 0.101. The third-order valence-electron chi connectivity index (χ3n) is 5.32. The number of aliphatic hydroxyl groups is 1. The number of rotatable bonds is 6. The van der Waals surface area contributed by atoms with Crippen LogP contribution in [0.5, 0.6) is 0 Å². The molecule has 2 aromatic carbocycles. The van der Waals surface area contributed by atoms with Gasteiger partial charge in [-0.15, -0.1) is 0 Å². The Kier molecular flexibility index (Phi) is 6.62. The molecule has 0 bridgehead atoms. The molecular weight excluding hydrogens is 426 g/mol. The van der Waals surface area contributed by atoms with Gasteiger partial charge in [-0.3, -0.25) is 9.36 Å². The number of carbonyl (C=O) groups excluding carboxylic acids is 2. The lowest BCUT2D eigenvalue weighted by molar-refractivity contribution is -0.0521. The summed E-state index contributed by atoms with van der Waals surface area (Å²) in [5.74, 6) is -0.822. The Morgan fingerprint density at radius 3 is 2.52 bits per heavy atom. The van der Waals surface area contributed by atoms with Gasteiger partial charge in [0, 0.05) is 18.2 Å². The van der Waals surface area contributed by atoms with Crippen LogP contribution >= 0.6 is 0 Å². The van der Waals surface area contributed by atoms with Crippen molar-refractivity contribution in [3.05, 3.63) is 94.0 Å². The quantitative estimate of drug-likeness (QED) is 0.554. The Labute approximate surface area is 189 Å². The van der Waals surface area contributed by atoms with Crippen molar-refractivity contribution in [2.45, 2.75) is 31.8 Å². The number of nitrogens with zero attached hydrogens (tertiary/aromatic N) is 2. The van der Waals surface area contributed by atoms with Gasteiger partial charge in [0.05, 0.1) is 12.2 Å². The molecule has 1 aromatic heterocycles. The summed E-state index contributed by atoms with van der Waals surface area (Å²) in [6.45, 7) is 1.53. The van der Waals surface area contributed by atoms with Crippen molar-refractivity contribution >= 4 is 17.7 Å². The zero-order valence-electron chi connectivity index (χ0n) is 17.9. The van der Waals surface area contributed by atoms with Crippen LogP contribution in [0.25, 0.3) is 0 Å². The molecule has 9 nitrogen and oxygen atoms in total. The molecule has 33 heavy (non-hydrogen) atoms. The average Bonchev–Trinajstić information content (AvgIpc) is 3.22. The second-order valence-electron chi connectivity index (χ2n) is 7.68. The number of amides is 1. The fourth-order valence-electron chi connectivity index (χ4n) is 3.53. The lowest BCUT2D eigenvalue weighted by Crippen LogP contribution is -2.30. The van der Waals surface area contributed by atoms with Gasteiger partial charge in [0.1, 0.15) is 24.3 Å². The van der Waals surface area contributed by atoms with E-state index in [1.807, 2.05) is 6.92 Å². The highest BCUT2D eigenvalue weighted by atomic mass is 16.6. The first-order chi connectivity index (χ1) is 15.9. The van der Waals surface area contributed by atoms with E-state index in [0.717, 1.165) is 5.56 Å². The van der Waals surface area contributed by atoms with Gasteiger partial charge in [-0.25, -0.2) is 9.59 Å². The first-order valence-electron chi connectivity index (χ1n) is 10.4. The molecule has 0 radical (unpaired) electrons. The molecule has 3 aromatic rings. The monoisotopic (exact) mass is 449 g/mol. The molecule has 1 aliphatic heterocycles. The second kappa shape index (κ2) is 9.76. The van der Waals surface area contributed by atoms with Crippen LogP contribution < -0.4 is 11.0 Å². The Hall–Kier alpha value is -3.82. The lowest BCUT2D eigenvalue weighted by Gasteiger charge is -2.16. The molecule has 4 rings (SSSR count). The maximum atomic E-state index is 12.6. The molecular formula is C24H23N3O6. The van der Waals surface area contributed by atoms with Crippen molar-refractivity contribution in [1.29, 1.82) is 0 Å². The zero-order chi connectivity index (χ0) is 23.4. The highest BCUT2D eigenvalue weighted by Crippen LogP contribution is 2.30.